The van der Waals surface area contributed by atoms with Crippen LogP contribution in [0.2, 0.25) is 0 Å². The number of anilines is 1. The van der Waals surface area contributed by atoms with Gasteiger partial charge >= 0.3 is 6.18 Å². The Kier molecular flexibility index (Phi) is 6.06. The maximum absolute atomic E-state index is 12.9. The quantitative estimate of drug-likeness (QED) is 0.600. The number of aromatic nitrogens is 1. The molecule has 0 radical (unpaired) electrons. The largest absolute Gasteiger partial charge is 0.416 e. The van der Waals surface area contributed by atoms with Crippen LogP contribution in [-0.4, -0.2) is 10.5 Å². The number of carbonyl (C=O) groups is 1. The van der Waals surface area contributed by atoms with E-state index in [9.17, 15) is 22.8 Å². The molecule has 0 spiro atoms. The van der Waals surface area contributed by atoms with Crippen molar-refractivity contribution in [1.29, 1.82) is 0 Å². The summed E-state index contributed by atoms with van der Waals surface area (Å²) in [6.45, 7) is 6.16. The van der Waals surface area contributed by atoms with Gasteiger partial charge in [-0.25, -0.2) is 0 Å². The fourth-order valence-electron chi connectivity index (χ4n) is 3.13. The Labute approximate surface area is 178 Å². The van der Waals surface area contributed by atoms with E-state index in [0.717, 1.165) is 17.7 Å². The third-order valence-corrected chi connectivity index (χ3v) is 4.88. The molecule has 2 aromatic carbocycles. The van der Waals surface area contributed by atoms with Crippen molar-refractivity contribution < 1.29 is 18.0 Å². The van der Waals surface area contributed by atoms with E-state index in [1.165, 1.54) is 35.0 Å². The average Bonchev–Trinajstić information content (AvgIpc) is 2.69. The summed E-state index contributed by atoms with van der Waals surface area (Å²) in [4.78, 5) is 25.4. The summed E-state index contributed by atoms with van der Waals surface area (Å²) in [6.07, 6.45) is -3.03. The van der Waals surface area contributed by atoms with Crippen LogP contribution >= 0.6 is 0 Å². The fourth-order valence-corrected chi connectivity index (χ4v) is 3.13. The molecule has 0 aliphatic carbocycles. The number of nitrogens with zero attached hydrogens (tertiary/aromatic N) is 1. The first-order valence-corrected chi connectivity index (χ1v) is 9.72. The van der Waals surface area contributed by atoms with Crippen LogP contribution in [0.1, 0.15) is 47.8 Å². The minimum atomic E-state index is -4.47. The van der Waals surface area contributed by atoms with Gasteiger partial charge in [0.05, 0.1) is 12.1 Å². The molecule has 3 aromatic rings. The third kappa shape index (κ3) is 5.42. The topological polar surface area (TPSA) is 51.1 Å². The van der Waals surface area contributed by atoms with Crippen molar-refractivity contribution in [3.05, 3.63) is 99.5 Å². The Bertz CT molecular complexity index is 1140. The smallest absolute Gasteiger partial charge is 0.322 e. The van der Waals surface area contributed by atoms with Gasteiger partial charge < -0.3 is 9.88 Å². The van der Waals surface area contributed by atoms with Gasteiger partial charge in [-0.2, -0.15) is 13.2 Å². The fraction of sp³-hybridized carbons (Fsp3) is 0.250. The second-order valence-corrected chi connectivity index (χ2v) is 8.33. The lowest BCUT2D eigenvalue weighted by molar-refractivity contribution is -0.137. The highest BCUT2D eigenvalue weighted by Gasteiger charge is 2.30. The minimum absolute atomic E-state index is 0.0287. The van der Waals surface area contributed by atoms with Crippen LogP contribution < -0.4 is 10.9 Å². The van der Waals surface area contributed by atoms with Gasteiger partial charge in [-0.15, -0.1) is 0 Å². The monoisotopic (exact) mass is 428 g/mol. The lowest BCUT2D eigenvalue weighted by atomic mass is 9.87. The number of amides is 1. The van der Waals surface area contributed by atoms with Crippen LogP contribution in [0.3, 0.4) is 0 Å². The molecule has 0 unspecified atom stereocenters. The van der Waals surface area contributed by atoms with E-state index in [1.807, 2.05) is 12.1 Å². The predicted octanol–water partition coefficient (Wildman–Crippen LogP) is 5.47. The summed E-state index contributed by atoms with van der Waals surface area (Å²) >= 11 is 0. The van der Waals surface area contributed by atoms with Crippen molar-refractivity contribution in [1.82, 2.24) is 4.57 Å². The van der Waals surface area contributed by atoms with Gasteiger partial charge in [-0.05, 0) is 52.9 Å². The number of pyridine rings is 1. The summed E-state index contributed by atoms with van der Waals surface area (Å²) in [5.74, 6) is -0.577. The molecule has 0 bridgehead atoms. The maximum atomic E-state index is 12.9. The molecule has 162 valence electrons. The molecule has 1 amide bonds. The molecule has 0 atom stereocenters. The molecule has 0 saturated heterocycles. The van der Waals surface area contributed by atoms with Gasteiger partial charge in [0.25, 0.3) is 11.5 Å². The molecule has 7 heteroatoms. The standard InChI is InChI=1S/C24H23F3N2O2/c1-23(2,3)17-9-11-19(12-10-17)28-21(30)20-8-5-13-29(22(20)31)15-16-6-4-7-18(14-16)24(25,26)27/h4-14H,15H2,1-3H3,(H,28,30). The second kappa shape index (κ2) is 8.41. The Hall–Kier alpha value is -3.35. The molecule has 3 rings (SSSR count). The highest BCUT2D eigenvalue weighted by atomic mass is 19.4. The van der Waals surface area contributed by atoms with Gasteiger partial charge in [0.1, 0.15) is 5.56 Å². The Morgan fingerprint density at radius 2 is 1.61 bits per heavy atom. The Morgan fingerprint density at radius 3 is 2.23 bits per heavy atom. The molecule has 4 nitrogen and oxygen atoms in total. The molecular weight excluding hydrogens is 405 g/mol. The Morgan fingerprint density at radius 1 is 0.935 bits per heavy atom. The highest BCUT2D eigenvalue weighted by molar-refractivity contribution is 6.03. The predicted molar refractivity (Wildman–Crippen MR) is 114 cm³/mol. The van der Waals surface area contributed by atoms with E-state index in [0.29, 0.717) is 11.3 Å². The minimum Gasteiger partial charge on any atom is -0.322 e. The average molecular weight is 428 g/mol. The number of halogens is 3. The first kappa shape index (κ1) is 22.3. The van der Waals surface area contributed by atoms with Crippen molar-refractivity contribution in [3.63, 3.8) is 0 Å². The Balaban J connectivity index is 1.81. The lowest BCUT2D eigenvalue weighted by Gasteiger charge is -2.19. The normalized spacial score (nSPS) is 11.9. The summed E-state index contributed by atoms with van der Waals surface area (Å²) in [6, 6.07) is 15.0. The van der Waals surface area contributed by atoms with Crippen molar-refractivity contribution in [2.24, 2.45) is 0 Å². The summed E-state index contributed by atoms with van der Waals surface area (Å²) in [7, 11) is 0. The zero-order valence-corrected chi connectivity index (χ0v) is 17.5. The number of hydrogen-bond donors (Lipinski definition) is 1. The van der Waals surface area contributed by atoms with Gasteiger partial charge in [-0.1, -0.05) is 45.0 Å². The molecule has 0 fully saturated rings. The van der Waals surface area contributed by atoms with E-state index in [4.69, 9.17) is 0 Å². The molecule has 1 aromatic heterocycles. The van der Waals surface area contributed by atoms with E-state index in [2.05, 4.69) is 26.1 Å². The highest BCUT2D eigenvalue weighted by Crippen LogP contribution is 2.29. The molecule has 31 heavy (non-hydrogen) atoms. The molecule has 0 aliphatic heterocycles. The van der Waals surface area contributed by atoms with E-state index >= 15 is 0 Å². The van der Waals surface area contributed by atoms with E-state index in [1.54, 1.807) is 12.1 Å². The van der Waals surface area contributed by atoms with Crippen molar-refractivity contribution in [2.45, 2.75) is 38.9 Å². The van der Waals surface area contributed by atoms with Crippen molar-refractivity contribution >= 4 is 11.6 Å². The van der Waals surface area contributed by atoms with E-state index < -0.39 is 23.2 Å². The number of alkyl halides is 3. The number of hydrogen-bond acceptors (Lipinski definition) is 2. The molecule has 1 heterocycles. The van der Waals surface area contributed by atoms with Crippen LogP contribution in [0.4, 0.5) is 18.9 Å². The number of carbonyl (C=O) groups excluding carboxylic acids is 1. The maximum Gasteiger partial charge on any atom is 0.416 e. The van der Waals surface area contributed by atoms with E-state index in [-0.39, 0.29) is 17.5 Å². The first-order valence-electron chi connectivity index (χ1n) is 9.72. The first-order chi connectivity index (χ1) is 14.4. The van der Waals surface area contributed by atoms with Crippen LogP contribution in [0.15, 0.2) is 71.7 Å². The van der Waals surface area contributed by atoms with Crippen LogP contribution in [0, 0.1) is 0 Å². The second-order valence-electron chi connectivity index (χ2n) is 8.33. The lowest BCUT2D eigenvalue weighted by Crippen LogP contribution is -2.29. The van der Waals surface area contributed by atoms with Crippen molar-refractivity contribution in [3.8, 4) is 0 Å². The van der Waals surface area contributed by atoms with Crippen LogP contribution in [0.25, 0.3) is 0 Å². The van der Waals surface area contributed by atoms with Gasteiger partial charge in [0.2, 0.25) is 0 Å². The SMILES string of the molecule is CC(C)(C)c1ccc(NC(=O)c2cccn(Cc3cccc(C(F)(F)F)c3)c2=O)cc1. The molecule has 1 N–H and O–H groups in total. The number of rotatable bonds is 4. The van der Waals surface area contributed by atoms with Crippen LogP contribution in [-0.2, 0) is 18.1 Å². The molecular formula is C24H23F3N2O2. The van der Waals surface area contributed by atoms with Gasteiger partial charge in [0, 0.05) is 11.9 Å². The van der Waals surface area contributed by atoms with Crippen LogP contribution in [0.5, 0.6) is 0 Å². The summed E-state index contributed by atoms with van der Waals surface area (Å²) < 4.78 is 40.0. The third-order valence-electron chi connectivity index (χ3n) is 4.88. The number of nitrogens with one attached hydrogen (secondary N) is 1. The molecule has 0 aliphatic rings. The summed E-state index contributed by atoms with van der Waals surface area (Å²) in [5, 5.41) is 2.70. The molecule has 0 saturated carbocycles. The number of benzene rings is 2. The van der Waals surface area contributed by atoms with Crippen molar-refractivity contribution in [2.75, 3.05) is 5.32 Å². The van der Waals surface area contributed by atoms with Gasteiger partial charge in [0.15, 0.2) is 0 Å². The zero-order valence-electron chi connectivity index (χ0n) is 17.5. The van der Waals surface area contributed by atoms with Gasteiger partial charge in [-0.3, -0.25) is 9.59 Å². The zero-order chi connectivity index (χ0) is 22.8. The summed E-state index contributed by atoms with van der Waals surface area (Å²) in [5.41, 5.74) is 0.481.